The van der Waals surface area contributed by atoms with Gasteiger partial charge in [0.1, 0.15) is 24.2 Å². The van der Waals surface area contributed by atoms with Crippen molar-refractivity contribution in [3.8, 4) is 0 Å². The minimum Gasteiger partial charge on any atom is -0.348 e. The summed E-state index contributed by atoms with van der Waals surface area (Å²) in [5.74, 6) is -2.81. The zero-order valence-electron chi connectivity index (χ0n) is 48.4. The Morgan fingerprint density at radius 2 is 1.14 bits per heavy atom. The third-order valence-corrected chi connectivity index (χ3v) is 19.3. The van der Waals surface area contributed by atoms with E-state index in [9.17, 15) is 38.4 Å². The summed E-state index contributed by atoms with van der Waals surface area (Å²) in [4.78, 5) is 115. The third kappa shape index (κ3) is 14.5. The number of rotatable bonds is 18. The van der Waals surface area contributed by atoms with E-state index >= 15 is 0 Å². The summed E-state index contributed by atoms with van der Waals surface area (Å²) in [6, 6.07) is 24.3. The average molecular weight is 1120 g/mol. The van der Waals surface area contributed by atoms with Gasteiger partial charge in [-0.1, -0.05) is 94.5 Å². The number of anilines is 1. The van der Waals surface area contributed by atoms with Crippen LogP contribution in [0.15, 0.2) is 97.1 Å². The molecule has 0 aromatic heterocycles. The Labute approximate surface area is 477 Å². The van der Waals surface area contributed by atoms with E-state index in [0.29, 0.717) is 34.6 Å². The van der Waals surface area contributed by atoms with Gasteiger partial charge in [-0.25, -0.2) is 0 Å². The summed E-state index contributed by atoms with van der Waals surface area (Å²) in [6.45, 7) is 13.4. The van der Waals surface area contributed by atoms with Crippen LogP contribution in [0, 0.1) is 5.41 Å². The molecule has 18 nitrogen and oxygen atoms in total. The van der Waals surface area contributed by atoms with E-state index in [-0.39, 0.29) is 61.0 Å². The summed E-state index contributed by atoms with van der Waals surface area (Å²) in [7, 11) is 1.30. The second kappa shape index (κ2) is 25.7. The highest BCUT2D eigenvalue weighted by atomic mass is 28.3. The molecule has 0 spiro atoms. The van der Waals surface area contributed by atoms with Gasteiger partial charge in [0.15, 0.2) is 0 Å². The molecule has 81 heavy (non-hydrogen) atoms. The molecular weight excluding hydrogens is 1040 g/mol. The highest BCUT2D eigenvalue weighted by Gasteiger charge is 2.48. The van der Waals surface area contributed by atoms with Crippen molar-refractivity contribution in [3.05, 3.63) is 136 Å². The Morgan fingerprint density at radius 1 is 0.617 bits per heavy atom. The maximum Gasteiger partial charge on any atom is 0.255 e. The van der Waals surface area contributed by atoms with Crippen LogP contribution in [0.25, 0.3) is 0 Å². The number of likely N-dealkylation sites (tertiary alicyclic amines) is 1. The van der Waals surface area contributed by atoms with Crippen LogP contribution in [0.3, 0.4) is 0 Å². The van der Waals surface area contributed by atoms with Crippen molar-refractivity contribution in [2.24, 2.45) is 5.41 Å². The highest BCUT2D eigenvalue weighted by Crippen LogP contribution is 2.34. The molecule has 4 aromatic carbocycles. The Balaban J connectivity index is 0.914. The number of likely N-dealkylation sites (N-methyl/N-ethyl adjacent to an activating group) is 2. The fraction of sp³-hybridized carbons (Fsp3) is 0.484. The topological polar surface area (TPSA) is 239 Å². The van der Waals surface area contributed by atoms with Crippen LogP contribution < -0.4 is 42.5 Å². The van der Waals surface area contributed by atoms with Crippen LogP contribution in [0.2, 0.25) is 19.1 Å². The number of nitrogens with zero attached hydrogens (tertiary/aromatic N) is 2. The van der Waals surface area contributed by atoms with E-state index in [1.54, 1.807) is 81.4 Å². The number of benzene rings is 4. The first-order chi connectivity index (χ1) is 38.5. The minimum absolute atomic E-state index is 0.0376. The zero-order valence-corrected chi connectivity index (χ0v) is 49.4. The fourth-order valence-corrected chi connectivity index (χ4v) is 14.6. The molecule has 8 N–H and O–H groups in total. The van der Waals surface area contributed by atoms with Gasteiger partial charge < -0.3 is 52.3 Å². The molecule has 8 rings (SSSR count). The van der Waals surface area contributed by atoms with Gasteiger partial charge in [-0.2, -0.15) is 0 Å². The first kappa shape index (κ1) is 59.9. The fourth-order valence-electron chi connectivity index (χ4n) is 11.8. The van der Waals surface area contributed by atoms with Gasteiger partial charge in [0.25, 0.3) is 11.8 Å². The van der Waals surface area contributed by atoms with Crippen LogP contribution in [0.5, 0.6) is 0 Å². The number of aryl methyl sites for hydroxylation is 2. The number of amides is 8. The van der Waals surface area contributed by atoms with Gasteiger partial charge in [0, 0.05) is 42.0 Å². The van der Waals surface area contributed by atoms with Crippen LogP contribution in [0.4, 0.5) is 5.69 Å². The molecule has 2 fully saturated rings. The van der Waals surface area contributed by atoms with Gasteiger partial charge in [0.2, 0.25) is 35.4 Å². The Morgan fingerprint density at radius 3 is 1.69 bits per heavy atom. The summed E-state index contributed by atoms with van der Waals surface area (Å²) in [5.41, 5.74) is 5.61. The van der Waals surface area contributed by atoms with E-state index in [4.69, 9.17) is 0 Å². The van der Waals surface area contributed by atoms with E-state index in [0.717, 1.165) is 49.7 Å². The van der Waals surface area contributed by atoms with Crippen LogP contribution >= 0.6 is 0 Å². The SMILES string of the molecule is CNC(C)C(=O)NC(Cc1ccc(C(=O)Nc2ccc(C(=O)NC3CC(C(=O)NC4CCCc5ccccc54)N(C(=O)C(NC(=O)C(C)NC)C(C)(C)C)C3)cc2)cc1)C(=O)N1C[Si](C)(C)CC1C(=O)NC1CCCc2ccccc21. The highest BCUT2D eigenvalue weighted by molar-refractivity contribution is 6.79. The maximum atomic E-state index is 14.7. The molecule has 4 aromatic rings. The van der Waals surface area contributed by atoms with E-state index in [1.165, 1.54) is 16.0 Å². The Hall–Kier alpha value is -7.22. The van der Waals surface area contributed by atoms with Crippen LogP contribution in [-0.4, -0.2) is 134 Å². The smallest absolute Gasteiger partial charge is 0.255 e. The molecule has 19 heteroatoms. The van der Waals surface area contributed by atoms with Crippen molar-refractivity contribution >= 4 is 61.0 Å². The lowest BCUT2D eigenvalue weighted by molar-refractivity contribution is -0.144. The summed E-state index contributed by atoms with van der Waals surface area (Å²) < 4.78 is 0. The first-order valence-corrected chi connectivity index (χ1v) is 32.1. The molecule has 0 radical (unpaired) electrons. The lowest BCUT2D eigenvalue weighted by Crippen LogP contribution is -2.59. The van der Waals surface area contributed by atoms with Gasteiger partial charge in [-0.3, -0.25) is 38.4 Å². The van der Waals surface area contributed by atoms with E-state index in [1.807, 2.05) is 51.1 Å². The van der Waals surface area contributed by atoms with Crippen molar-refractivity contribution in [2.45, 2.75) is 159 Å². The summed E-state index contributed by atoms with van der Waals surface area (Å²) in [5, 5.41) is 24.2. The van der Waals surface area contributed by atoms with Crippen molar-refractivity contribution in [2.75, 3.05) is 32.1 Å². The van der Waals surface area contributed by atoms with Crippen LogP contribution in [0.1, 0.15) is 127 Å². The molecular formula is C62H82N10O8Si. The van der Waals surface area contributed by atoms with Crippen molar-refractivity contribution < 1.29 is 38.4 Å². The molecule has 0 bridgehead atoms. The summed E-state index contributed by atoms with van der Waals surface area (Å²) >= 11 is 0. The number of carbonyl (C=O) groups excluding carboxylic acids is 8. The number of fused-ring (bicyclic) bond motifs is 2. The molecule has 432 valence electrons. The lowest BCUT2D eigenvalue weighted by Gasteiger charge is -2.36. The minimum atomic E-state index is -2.03. The number of nitrogens with one attached hydrogen (secondary N) is 8. The second-order valence-corrected chi connectivity index (χ2v) is 29.4. The van der Waals surface area contributed by atoms with Gasteiger partial charge in [0.05, 0.1) is 32.2 Å². The second-order valence-electron chi connectivity index (χ2n) is 24.4. The molecule has 2 saturated heterocycles. The molecule has 0 saturated carbocycles. The standard InChI is InChI=1S/C62H82N10O8Si/c1-37(63-6)54(73)69-50(60(79)72-36-81(8,9)35-52(72)59(78)68-49-23-15-19-41-17-11-13-21-47(41)49)32-39-24-26-42(27-25-39)56(75)65-44-30-28-43(29-31-44)57(76)66-45-33-51(58(77)67-48-22-14-18-40-16-10-12-20-46(40)48)71(34-45)61(80)53(62(3,4)5)70-55(74)38(2)64-7/h10-13,16-17,20-21,24-31,37-38,45,48-53,63-64H,14-15,18-19,22-23,32-36H2,1-9H3,(H,65,75)(H,66,76)(H,67,77)(H,68,78)(H,69,73)(H,70,74). The van der Waals surface area contributed by atoms with Crippen molar-refractivity contribution in [1.82, 2.24) is 47.0 Å². The predicted octanol–water partition coefficient (Wildman–Crippen LogP) is 5.26. The molecule has 4 aliphatic rings. The number of carbonyl (C=O) groups is 8. The molecule has 9 atom stereocenters. The first-order valence-electron chi connectivity index (χ1n) is 28.7. The van der Waals surface area contributed by atoms with Gasteiger partial charge in [-0.15, -0.1) is 0 Å². The molecule has 9 unspecified atom stereocenters. The lowest BCUT2D eigenvalue weighted by atomic mass is 9.85. The van der Waals surface area contributed by atoms with E-state index < -0.39 is 73.5 Å². The number of hydrogen-bond acceptors (Lipinski definition) is 10. The van der Waals surface area contributed by atoms with Gasteiger partial charge >= 0.3 is 0 Å². The molecule has 2 aliphatic heterocycles. The number of hydrogen-bond donors (Lipinski definition) is 8. The van der Waals surface area contributed by atoms with Crippen LogP contribution in [-0.2, 0) is 48.0 Å². The molecule has 2 aliphatic carbocycles. The maximum absolute atomic E-state index is 14.7. The zero-order chi connectivity index (χ0) is 58.3. The Bertz CT molecular complexity index is 2980. The normalized spacial score (nSPS) is 21.7. The van der Waals surface area contributed by atoms with E-state index in [2.05, 4.69) is 73.8 Å². The van der Waals surface area contributed by atoms with Crippen molar-refractivity contribution in [1.29, 1.82) is 0 Å². The average Bonchev–Trinajstić information content (AvgIpc) is 4.27. The third-order valence-electron chi connectivity index (χ3n) is 16.6. The summed E-state index contributed by atoms with van der Waals surface area (Å²) in [6.07, 6.45) is 6.05. The Kier molecular flexibility index (Phi) is 19.0. The predicted molar refractivity (Wildman–Crippen MR) is 315 cm³/mol. The largest absolute Gasteiger partial charge is 0.348 e. The monoisotopic (exact) mass is 1120 g/mol. The molecule has 2 heterocycles. The molecule has 8 amide bonds. The van der Waals surface area contributed by atoms with Crippen molar-refractivity contribution in [3.63, 3.8) is 0 Å². The van der Waals surface area contributed by atoms with Gasteiger partial charge in [-0.05, 0) is 149 Å². The quantitative estimate of drug-likeness (QED) is 0.0602.